The molecule has 0 saturated carbocycles. The van der Waals surface area contributed by atoms with Gasteiger partial charge in [-0.2, -0.15) is 0 Å². The van der Waals surface area contributed by atoms with E-state index in [1.807, 2.05) is 32.0 Å². The third-order valence-electron chi connectivity index (χ3n) is 4.88. The van der Waals surface area contributed by atoms with Crippen molar-refractivity contribution in [3.63, 3.8) is 0 Å². The number of carbonyl (C=O) groups is 1. The van der Waals surface area contributed by atoms with Gasteiger partial charge in [-0.05, 0) is 44.5 Å². The molecule has 0 aliphatic carbocycles. The molecule has 0 fully saturated rings. The molecule has 0 radical (unpaired) electrons. The van der Waals surface area contributed by atoms with Crippen molar-refractivity contribution in [2.75, 3.05) is 5.32 Å². The Kier molecular flexibility index (Phi) is 5.94. The lowest BCUT2D eigenvalue weighted by molar-refractivity contribution is -0.115. The molecule has 160 valence electrons. The van der Waals surface area contributed by atoms with Gasteiger partial charge in [0, 0.05) is 17.8 Å². The predicted octanol–water partition coefficient (Wildman–Crippen LogP) is 3.95. The monoisotopic (exact) mass is 436 g/mol. The van der Waals surface area contributed by atoms with Gasteiger partial charge in [-0.15, -0.1) is 10.2 Å². The van der Waals surface area contributed by atoms with Gasteiger partial charge in [-0.25, -0.2) is 4.79 Å². The van der Waals surface area contributed by atoms with Crippen molar-refractivity contribution in [3.05, 3.63) is 58.5 Å². The van der Waals surface area contributed by atoms with Gasteiger partial charge < -0.3 is 19.9 Å². The summed E-state index contributed by atoms with van der Waals surface area (Å²) in [6.45, 7) is 6.76. The van der Waals surface area contributed by atoms with Crippen molar-refractivity contribution in [1.29, 1.82) is 0 Å². The van der Waals surface area contributed by atoms with Crippen LogP contribution in [0.1, 0.15) is 25.8 Å². The summed E-state index contributed by atoms with van der Waals surface area (Å²) in [6.07, 6.45) is 0.930. The molecule has 4 aromatic rings. The van der Waals surface area contributed by atoms with E-state index in [0.717, 1.165) is 29.9 Å². The maximum absolute atomic E-state index is 12.8. The Hall–Kier alpha value is -3.33. The first kappa shape index (κ1) is 20.9. The minimum atomic E-state index is -0.383. The van der Waals surface area contributed by atoms with Gasteiger partial charge in [0.2, 0.25) is 5.91 Å². The second-order valence-corrected chi connectivity index (χ2v) is 8.72. The van der Waals surface area contributed by atoms with Crippen LogP contribution >= 0.6 is 11.8 Å². The highest BCUT2D eigenvalue weighted by atomic mass is 32.2. The van der Waals surface area contributed by atoms with Crippen molar-refractivity contribution >= 4 is 34.4 Å². The van der Waals surface area contributed by atoms with Crippen molar-refractivity contribution < 1.29 is 4.79 Å². The highest BCUT2D eigenvalue weighted by Gasteiger charge is 2.21. The largest absolute Gasteiger partial charge is 0.325 e. The molecule has 9 heteroatoms. The van der Waals surface area contributed by atoms with Crippen LogP contribution in [-0.2, 0) is 11.3 Å². The van der Waals surface area contributed by atoms with Gasteiger partial charge in [-0.3, -0.25) is 4.79 Å². The molecule has 4 rings (SSSR count). The summed E-state index contributed by atoms with van der Waals surface area (Å²) >= 11 is 1.38. The molecule has 0 bridgehead atoms. The van der Waals surface area contributed by atoms with Crippen LogP contribution in [0.15, 0.2) is 52.4 Å². The van der Waals surface area contributed by atoms with Gasteiger partial charge in [-0.1, -0.05) is 42.4 Å². The number of hydrogen-bond acceptors (Lipinski definition) is 5. The fourth-order valence-electron chi connectivity index (χ4n) is 3.36. The number of benzene rings is 2. The standard InChI is InChI=1S/C22H24N6O2S/c1-4-10-28-19(15-7-5-6-13(2)11-15)26-27-22(28)31-14(3)20(29)23-16-8-9-17-18(12-16)25-21(30)24-17/h5-9,11-12,14H,4,10H2,1-3H3,(H,23,29)(H2,24,25,30). The zero-order chi connectivity index (χ0) is 22.0. The van der Waals surface area contributed by atoms with Gasteiger partial charge in [0.15, 0.2) is 11.0 Å². The summed E-state index contributed by atoms with van der Waals surface area (Å²) in [5.41, 5.74) is 3.86. The van der Waals surface area contributed by atoms with Crippen LogP contribution in [-0.4, -0.2) is 35.9 Å². The van der Waals surface area contributed by atoms with E-state index in [1.165, 1.54) is 11.8 Å². The van der Waals surface area contributed by atoms with Crippen LogP contribution < -0.4 is 11.0 Å². The summed E-state index contributed by atoms with van der Waals surface area (Å²) < 4.78 is 2.07. The first-order valence-corrected chi connectivity index (χ1v) is 11.0. The van der Waals surface area contributed by atoms with Crippen LogP contribution in [0.4, 0.5) is 5.69 Å². The molecule has 0 aliphatic rings. The summed E-state index contributed by atoms with van der Waals surface area (Å²) in [5, 5.41) is 12.0. The number of nitrogens with one attached hydrogen (secondary N) is 3. The molecular formula is C22H24N6O2S. The van der Waals surface area contributed by atoms with Crippen LogP contribution in [0.3, 0.4) is 0 Å². The molecule has 0 aliphatic heterocycles. The molecule has 2 aromatic heterocycles. The molecule has 2 heterocycles. The fourth-order valence-corrected chi connectivity index (χ4v) is 4.24. The highest BCUT2D eigenvalue weighted by Crippen LogP contribution is 2.28. The molecule has 0 saturated heterocycles. The zero-order valence-electron chi connectivity index (χ0n) is 17.6. The Morgan fingerprint density at radius 3 is 2.74 bits per heavy atom. The number of amides is 1. The number of imidazole rings is 1. The lowest BCUT2D eigenvalue weighted by Crippen LogP contribution is -2.23. The molecule has 8 nitrogen and oxygen atoms in total. The van der Waals surface area contributed by atoms with Crippen LogP contribution in [0.5, 0.6) is 0 Å². The van der Waals surface area contributed by atoms with Gasteiger partial charge in [0.25, 0.3) is 0 Å². The predicted molar refractivity (Wildman–Crippen MR) is 123 cm³/mol. The van der Waals surface area contributed by atoms with Crippen molar-refractivity contribution in [2.24, 2.45) is 0 Å². The number of aromatic nitrogens is 5. The Labute approximate surface area is 183 Å². The fraction of sp³-hybridized carbons (Fsp3) is 0.273. The number of H-pyrrole nitrogens is 2. The average Bonchev–Trinajstić information content (AvgIpc) is 3.30. The van der Waals surface area contributed by atoms with E-state index in [1.54, 1.807) is 18.2 Å². The van der Waals surface area contributed by atoms with E-state index in [2.05, 4.69) is 43.0 Å². The maximum atomic E-state index is 12.8. The van der Waals surface area contributed by atoms with E-state index in [4.69, 9.17) is 0 Å². The Balaban J connectivity index is 1.52. The lowest BCUT2D eigenvalue weighted by Gasteiger charge is -2.13. The van der Waals surface area contributed by atoms with Crippen molar-refractivity contribution in [2.45, 2.75) is 44.1 Å². The third-order valence-corrected chi connectivity index (χ3v) is 5.96. The number of rotatable bonds is 7. The number of nitrogens with zero attached hydrogens (tertiary/aromatic N) is 3. The second kappa shape index (κ2) is 8.81. The number of aromatic amines is 2. The summed E-state index contributed by atoms with van der Waals surface area (Å²) in [5.74, 6) is 0.660. The molecule has 2 aromatic carbocycles. The zero-order valence-corrected chi connectivity index (χ0v) is 18.4. The maximum Gasteiger partial charge on any atom is 0.323 e. The van der Waals surface area contributed by atoms with E-state index in [9.17, 15) is 9.59 Å². The molecule has 3 N–H and O–H groups in total. The number of carbonyl (C=O) groups excluding carboxylic acids is 1. The highest BCUT2D eigenvalue weighted by molar-refractivity contribution is 8.00. The second-order valence-electron chi connectivity index (χ2n) is 7.42. The van der Waals surface area contributed by atoms with E-state index in [0.29, 0.717) is 21.9 Å². The first-order valence-electron chi connectivity index (χ1n) is 10.1. The van der Waals surface area contributed by atoms with Crippen LogP contribution in [0, 0.1) is 6.92 Å². The van der Waals surface area contributed by atoms with Gasteiger partial charge in [0.1, 0.15) is 0 Å². The molecule has 0 spiro atoms. The minimum absolute atomic E-state index is 0.148. The number of anilines is 1. The topological polar surface area (TPSA) is 108 Å². The summed E-state index contributed by atoms with van der Waals surface area (Å²) in [4.78, 5) is 29.6. The van der Waals surface area contributed by atoms with E-state index < -0.39 is 0 Å². The summed E-state index contributed by atoms with van der Waals surface area (Å²) in [6, 6.07) is 13.4. The first-order chi connectivity index (χ1) is 14.9. The van der Waals surface area contributed by atoms with Gasteiger partial charge >= 0.3 is 5.69 Å². The van der Waals surface area contributed by atoms with E-state index in [-0.39, 0.29) is 16.8 Å². The molecule has 31 heavy (non-hydrogen) atoms. The van der Waals surface area contributed by atoms with Gasteiger partial charge in [0.05, 0.1) is 16.3 Å². The Morgan fingerprint density at radius 2 is 1.97 bits per heavy atom. The smallest absolute Gasteiger partial charge is 0.323 e. The third kappa shape index (κ3) is 4.56. The van der Waals surface area contributed by atoms with E-state index >= 15 is 0 Å². The Bertz CT molecular complexity index is 1290. The number of hydrogen-bond donors (Lipinski definition) is 3. The molecule has 1 unspecified atom stereocenters. The number of fused-ring (bicyclic) bond motifs is 1. The quantitative estimate of drug-likeness (QED) is 0.380. The molecule has 1 amide bonds. The molecular weight excluding hydrogens is 412 g/mol. The minimum Gasteiger partial charge on any atom is -0.325 e. The average molecular weight is 437 g/mol. The number of aryl methyl sites for hydroxylation is 1. The van der Waals surface area contributed by atoms with Crippen LogP contribution in [0.25, 0.3) is 22.4 Å². The SMILES string of the molecule is CCCn1c(SC(C)C(=O)Nc2ccc3[nH]c(=O)[nH]c3c2)nnc1-c1cccc(C)c1. The lowest BCUT2D eigenvalue weighted by atomic mass is 10.1. The van der Waals surface area contributed by atoms with Crippen molar-refractivity contribution in [3.8, 4) is 11.4 Å². The summed E-state index contributed by atoms with van der Waals surface area (Å²) in [7, 11) is 0. The Morgan fingerprint density at radius 1 is 1.16 bits per heavy atom. The van der Waals surface area contributed by atoms with Crippen LogP contribution in [0.2, 0.25) is 0 Å². The molecule has 1 atom stereocenters. The normalized spacial score (nSPS) is 12.2. The van der Waals surface area contributed by atoms with Crippen molar-refractivity contribution in [1.82, 2.24) is 24.7 Å². The number of thioether (sulfide) groups is 1.